The zero-order valence-electron chi connectivity index (χ0n) is 11.6. The van der Waals surface area contributed by atoms with Gasteiger partial charge in [-0.15, -0.1) is 0 Å². The number of aromatic amines is 1. The van der Waals surface area contributed by atoms with Gasteiger partial charge in [-0.05, 0) is 37.8 Å². The van der Waals surface area contributed by atoms with Gasteiger partial charge in [0.15, 0.2) is 0 Å². The van der Waals surface area contributed by atoms with Crippen LogP contribution in [0.4, 0.5) is 0 Å². The average Bonchev–Trinajstić information content (AvgIpc) is 2.98. The minimum absolute atomic E-state index is 0.346. The molecule has 0 aliphatic carbocycles. The summed E-state index contributed by atoms with van der Waals surface area (Å²) < 4.78 is 0. The maximum atomic E-state index is 4.38. The number of hydrogen-bond acceptors (Lipinski definition) is 2. The quantitative estimate of drug-likeness (QED) is 0.760. The third kappa shape index (κ3) is 4.52. The van der Waals surface area contributed by atoms with E-state index in [-0.39, 0.29) is 0 Å². The molecule has 0 fully saturated rings. The van der Waals surface area contributed by atoms with Crippen molar-refractivity contribution in [2.24, 2.45) is 0 Å². The lowest BCUT2D eigenvalue weighted by molar-refractivity contribution is 0.466. The van der Waals surface area contributed by atoms with Crippen molar-refractivity contribution in [3.05, 3.63) is 54.1 Å². The molecule has 2 rings (SSSR count). The van der Waals surface area contributed by atoms with E-state index in [1.54, 1.807) is 0 Å². The molecule has 1 heterocycles. The Bertz CT molecular complexity index is 436. The molecule has 19 heavy (non-hydrogen) atoms. The Morgan fingerprint density at radius 1 is 1.26 bits per heavy atom. The fourth-order valence-corrected chi connectivity index (χ4v) is 2.28. The van der Waals surface area contributed by atoms with E-state index in [1.165, 1.54) is 12.0 Å². The highest BCUT2D eigenvalue weighted by Crippen LogP contribution is 2.16. The second-order valence-electron chi connectivity index (χ2n) is 4.86. The monoisotopic (exact) mass is 257 g/mol. The Balaban J connectivity index is 1.83. The van der Waals surface area contributed by atoms with Gasteiger partial charge in [-0.3, -0.25) is 0 Å². The van der Waals surface area contributed by atoms with Crippen molar-refractivity contribution < 1.29 is 0 Å². The third-order valence-corrected chi connectivity index (χ3v) is 3.29. The highest BCUT2D eigenvalue weighted by Gasteiger charge is 2.12. The summed E-state index contributed by atoms with van der Waals surface area (Å²) in [6.07, 6.45) is 8.29. The third-order valence-electron chi connectivity index (χ3n) is 3.29. The number of aromatic nitrogens is 2. The Labute approximate surface area is 115 Å². The summed E-state index contributed by atoms with van der Waals surface area (Å²) in [5.41, 5.74) is 1.41. The number of nitrogens with one attached hydrogen (secondary N) is 2. The van der Waals surface area contributed by atoms with E-state index in [1.807, 2.05) is 12.4 Å². The molecule has 1 aromatic carbocycles. The van der Waals surface area contributed by atoms with E-state index in [4.69, 9.17) is 0 Å². The Kier molecular flexibility index (Phi) is 5.63. The smallest absolute Gasteiger partial charge is 0.123 e. The lowest BCUT2D eigenvalue weighted by atomic mass is 10.0. The molecule has 1 aromatic heterocycles. The highest BCUT2D eigenvalue weighted by molar-refractivity contribution is 5.14. The first kappa shape index (κ1) is 13.8. The van der Waals surface area contributed by atoms with Crippen molar-refractivity contribution in [1.29, 1.82) is 0 Å². The zero-order chi connectivity index (χ0) is 13.3. The lowest BCUT2D eigenvalue weighted by Crippen LogP contribution is -2.23. The molecule has 1 atom stereocenters. The molecule has 0 saturated carbocycles. The van der Waals surface area contributed by atoms with Gasteiger partial charge in [0.25, 0.3) is 0 Å². The minimum Gasteiger partial charge on any atom is -0.347 e. The van der Waals surface area contributed by atoms with Crippen molar-refractivity contribution in [3.63, 3.8) is 0 Å². The van der Waals surface area contributed by atoms with Gasteiger partial charge in [-0.25, -0.2) is 4.98 Å². The fraction of sp³-hybridized carbons (Fsp3) is 0.438. The first-order chi connectivity index (χ1) is 9.40. The molecule has 0 amide bonds. The van der Waals surface area contributed by atoms with E-state index in [9.17, 15) is 0 Å². The number of H-pyrrole nitrogens is 1. The molecule has 102 valence electrons. The van der Waals surface area contributed by atoms with Crippen LogP contribution in [-0.4, -0.2) is 16.5 Å². The summed E-state index contributed by atoms with van der Waals surface area (Å²) in [5.74, 6) is 1.06. The summed E-state index contributed by atoms with van der Waals surface area (Å²) in [7, 11) is 0. The Morgan fingerprint density at radius 2 is 2.11 bits per heavy atom. The molecule has 2 aromatic rings. The normalized spacial score (nSPS) is 12.5. The predicted molar refractivity (Wildman–Crippen MR) is 79.0 cm³/mol. The predicted octanol–water partition coefficient (Wildman–Crippen LogP) is 3.47. The molecule has 2 N–H and O–H groups in total. The first-order valence-corrected chi connectivity index (χ1v) is 7.16. The second-order valence-corrected chi connectivity index (χ2v) is 4.86. The van der Waals surface area contributed by atoms with Crippen LogP contribution in [0.5, 0.6) is 0 Å². The Morgan fingerprint density at radius 3 is 2.79 bits per heavy atom. The van der Waals surface area contributed by atoms with Crippen LogP contribution in [0.2, 0.25) is 0 Å². The molecule has 0 bridgehead atoms. The molecule has 0 radical (unpaired) electrons. The number of hydrogen-bond donors (Lipinski definition) is 2. The number of imidazole rings is 1. The molecule has 0 aliphatic heterocycles. The maximum Gasteiger partial charge on any atom is 0.123 e. The van der Waals surface area contributed by atoms with Crippen LogP contribution in [0.3, 0.4) is 0 Å². The van der Waals surface area contributed by atoms with Crippen LogP contribution >= 0.6 is 0 Å². The van der Waals surface area contributed by atoms with Gasteiger partial charge < -0.3 is 10.3 Å². The average molecular weight is 257 g/mol. The number of benzene rings is 1. The van der Waals surface area contributed by atoms with Gasteiger partial charge in [0.05, 0.1) is 6.04 Å². The van der Waals surface area contributed by atoms with Gasteiger partial charge in [0.1, 0.15) is 5.82 Å². The second kappa shape index (κ2) is 7.74. The van der Waals surface area contributed by atoms with E-state index in [2.05, 4.69) is 52.5 Å². The molecule has 3 nitrogen and oxygen atoms in total. The van der Waals surface area contributed by atoms with E-state index in [0.717, 1.165) is 31.6 Å². The molecule has 0 aliphatic rings. The first-order valence-electron chi connectivity index (χ1n) is 7.16. The van der Waals surface area contributed by atoms with Gasteiger partial charge in [0, 0.05) is 12.4 Å². The van der Waals surface area contributed by atoms with E-state index < -0.39 is 0 Å². The molecular formula is C16H23N3. The van der Waals surface area contributed by atoms with Crippen LogP contribution in [-0.2, 0) is 6.42 Å². The lowest BCUT2D eigenvalue weighted by Gasteiger charge is -2.16. The van der Waals surface area contributed by atoms with Crippen LogP contribution in [0, 0.1) is 0 Å². The van der Waals surface area contributed by atoms with Crippen LogP contribution in [0.1, 0.15) is 43.6 Å². The van der Waals surface area contributed by atoms with E-state index >= 15 is 0 Å². The fourth-order valence-electron chi connectivity index (χ4n) is 2.28. The van der Waals surface area contributed by atoms with Crippen LogP contribution in [0.15, 0.2) is 42.7 Å². The van der Waals surface area contributed by atoms with Crippen molar-refractivity contribution in [2.45, 2.75) is 38.6 Å². The van der Waals surface area contributed by atoms with Gasteiger partial charge in [0.2, 0.25) is 0 Å². The number of rotatable bonds is 8. The summed E-state index contributed by atoms with van der Waals surface area (Å²) in [4.78, 5) is 7.60. The van der Waals surface area contributed by atoms with Crippen molar-refractivity contribution in [2.75, 3.05) is 6.54 Å². The summed E-state index contributed by atoms with van der Waals surface area (Å²) in [5, 5.41) is 3.56. The number of aryl methyl sites for hydroxylation is 1. The van der Waals surface area contributed by atoms with Crippen molar-refractivity contribution in [1.82, 2.24) is 15.3 Å². The Hall–Kier alpha value is -1.61. The SMILES string of the molecule is CCCNC(CCCc1ccccc1)c1ncc[nH]1. The van der Waals surface area contributed by atoms with Crippen molar-refractivity contribution in [3.8, 4) is 0 Å². The van der Waals surface area contributed by atoms with E-state index in [0.29, 0.717) is 6.04 Å². The molecule has 3 heteroatoms. The van der Waals surface area contributed by atoms with Gasteiger partial charge >= 0.3 is 0 Å². The van der Waals surface area contributed by atoms with Crippen molar-refractivity contribution >= 4 is 0 Å². The highest BCUT2D eigenvalue weighted by atomic mass is 15.0. The number of nitrogens with zero attached hydrogens (tertiary/aromatic N) is 1. The molecule has 1 unspecified atom stereocenters. The summed E-state index contributed by atoms with van der Waals surface area (Å²) >= 11 is 0. The van der Waals surface area contributed by atoms with Gasteiger partial charge in [-0.2, -0.15) is 0 Å². The minimum atomic E-state index is 0.346. The van der Waals surface area contributed by atoms with Crippen LogP contribution < -0.4 is 5.32 Å². The zero-order valence-corrected chi connectivity index (χ0v) is 11.6. The topological polar surface area (TPSA) is 40.7 Å². The largest absolute Gasteiger partial charge is 0.347 e. The maximum absolute atomic E-state index is 4.38. The molecular weight excluding hydrogens is 234 g/mol. The summed E-state index contributed by atoms with van der Waals surface area (Å²) in [6.45, 7) is 3.23. The summed E-state index contributed by atoms with van der Waals surface area (Å²) in [6, 6.07) is 11.0. The molecule has 0 spiro atoms. The standard InChI is InChI=1S/C16H23N3/c1-2-11-17-15(16-18-12-13-19-16)10-6-9-14-7-4-3-5-8-14/h3-5,7-8,12-13,15,17H,2,6,9-11H2,1H3,(H,18,19). The van der Waals surface area contributed by atoms with Gasteiger partial charge in [-0.1, -0.05) is 37.3 Å². The van der Waals surface area contributed by atoms with Crippen LogP contribution in [0.25, 0.3) is 0 Å². The molecule has 0 saturated heterocycles.